The Bertz CT molecular complexity index is 810. The normalized spacial score (nSPS) is 12.7. The molecule has 2 aromatic rings. The van der Waals surface area contributed by atoms with Crippen LogP contribution in [0.2, 0.25) is 0 Å². The van der Waals surface area contributed by atoms with Gasteiger partial charge in [0.1, 0.15) is 0 Å². The monoisotopic (exact) mass is 327 g/mol. The molecule has 1 aromatic carbocycles. The summed E-state index contributed by atoms with van der Waals surface area (Å²) < 4.78 is 0. The van der Waals surface area contributed by atoms with Crippen molar-refractivity contribution in [3.63, 3.8) is 0 Å². The largest absolute Gasteiger partial charge is 0.333 e. The predicted octanol–water partition coefficient (Wildman–Crippen LogP) is 1.48. The van der Waals surface area contributed by atoms with Crippen molar-refractivity contribution in [3.8, 4) is 0 Å². The molecular formula is C16H17N5O3. The molecule has 8 heteroatoms. The smallest absolute Gasteiger partial charge is 0.256 e. The van der Waals surface area contributed by atoms with Gasteiger partial charge >= 0.3 is 0 Å². The fourth-order valence-electron chi connectivity index (χ4n) is 2.55. The number of H-pyrrole nitrogens is 1. The van der Waals surface area contributed by atoms with Crippen LogP contribution in [0, 0.1) is 0 Å². The van der Waals surface area contributed by atoms with Gasteiger partial charge in [-0.2, -0.15) is 5.10 Å². The van der Waals surface area contributed by atoms with Gasteiger partial charge < -0.3 is 15.5 Å². The van der Waals surface area contributed by atoms with Crippen molar-refractivity contribution in [3.05, 3.63) is 41.1 Å². The van der Waals surface area contributed by atoms with Crippen LogP contribution >= 0.6 is 0 Å². The number of amides is 3. The summed E-state index contributed by atoms with van der Waals surface area (Å²) in [5.41, 5.74) is 2.73. The number of hydrogen-bond acceptors (Lipinski definition) is 4. The standard InChI is InChI=1S/C16H17N5O3/c1-9(22)17-12-5-3-11(4-6-12)16(24)18-15-13-7-21(10(2)23)8-14(13)19-20-15/h3-6H,7-8H2,1-2H3,(H,17,22)(H2,18,19,20,24). The van der Waals surface area contributed by atoms with Gasteiger partial charge in [0, 0.05) is 30.7 Å². The number of fused-ring (bicyclic) bond motifs is 1. The van der Waals surface area contributed by atoms with Crippen molar-refractivity contribution < 1.29 is 14.4 Å². The van der Waals surface area contributed by atoms with Gasteiger partial charge in [0.05, 0.1) is 18.8 Å². The summed E-state index contributed by atoms with van der Waals surface area (Å²) in [5, 5.41) is 12.3. The number of anilines is 2. The van der Waals surface area contributed by atoms with Gasteiger partial charge in [-0.15, -0.1) is 0 Å². The summed E-state index contributed by atoms with van der Waals surface area (Å²) in [6, 6.07) is 6.55. The Morgan fingerprint density at radius 3 is 2.42 bits per heavy atom. The number of aromatic amines is 1. The number of benzene rings is 1. The van der Waals surface area contributed by atoms with Crippen molar-refractivity contribution in [2.45, 2.75) is 26.9 Å². The van der Waals surface area contributed by atoms with Crippen LogP contribution in [0.3, 0.4) is 0 Å². The molecule has 8 nitrogen and oxygen atoms in total. The highest BCUT2D eigenvalue weighted by Crippen LogP contribution is 2.27. The molecule has 1 aromatic heterocycles. The molecule has 0 radical (unpaired) electrons. The Labute approximate surface area is 138 Å². The van der Waals surface area contributed by atoms with Gasteiger partial charge in [-0.25, -0.2) is 0 Å². The summed E-state index contributed by atoms with van der Waals surface area (Å²) >= 11 is 0. The van der Waals surface area contributed by atoms with Crippen molar-refractivity contribution in [1.29, 1.82) is 0 Å². The summed E-state index contributed by atoms with van der Waals surface area (Å²) in [4.78, 5) is 36.4. The van der Waals surface area contributed by atoms with Crippen LogP contribution < -0.4 is 10.6 Å². The Morgan fingerprint density at radius 2 is 1.79 bits per heavy atom. The molecule has 3 rings (SSSR count). The third kappa shape index (κ3) is 3.12. The minimum atomic E-state index is -0.306. The highest BCUT2D eigenvalue weighted by atomic mass is 16.2. The molecule has 0 unspecified atom stereocenters. The Morgan fingerprint density at radius 1 is 1.08 bits per heavy atom. The van der Waals surface area contributed by atoms with Gasteiger partial charge in [0.15, 0.2) is 5.82 Å². The molecule has 0 spiro atoms. The van der Waals surface area contributed by atoms with Crippen LogP contribution in [0.5, 0.6) is 0 Å². The van der Waals surface area contributed by atoms with E-state index >= 15 is 0 Å². The second kappa shape index (κ2) is 6.15. The molecule has 0 saturated carbocycles. The highest BCUT2D eigenvalue weighted by molar-refractivity contribution is 6.04. The quantitative estimate of drug-likeness (QED) is 0.793. The van der Waals surface area contributed by atoms with Crippen LogP contribution in [0.15, 0.2) is 24.3 Å². The first kappa shape index (κ1) is 15.7. The number of nitrogens with zero attached hydrogens (tertiary/aromatic N) is 2. The molecule has 0 saturated heterocycles. The van der Waals surface area contributed by atoms with E-state index in [1.807, 2.05) is 0 Å². The molecule has 1 aliphatic rings. The van der Waals surface area contributed by atoms with Gasteiger partial charge in [-0.3, -0.25) is 19.5 Å². The SMILES string of the molecule is CC(=O)Nc1ccc(C(=O)Nc2n[nH]c3c2CN(C(C)=O)C3)cc1. The lowest BCUT2D eigenvalue weighted by Crippen LogP contribution is -2.23. The summed E-state index contributed by atoms with van der Waals surface area (Å²) in [5.74, 6) is -0.0654. The lowest BCUT2D eigenvalue weighted by Gasteiger charge is -2.12. The van der Waals surface area contributed by atoms with Crippen LogP contribution in [0.4, 0.5) is 11.5 Å². The summed E-state index contributed by atoms with van der Waals surface area (Å²) in [6.07, 6.45) is 0. The van der Waals surface area contributed by atoms with Gasteiger partial charge in [0.2, 0.25) is 11.8 Å². The van der Waals surface area contributed by atoms with Crippen molar-refractivity contribution in [2.75, 3.05) is 10.6 Å². The Balaban J connectivity index is 1.70. The van der Waals surface area contributed by atoms with Crippen molar-refractivity contribution in [2.24, 2.45) is 0 Å². The number of rotatable bonds is 3. The molecular weight excluding hydrogens is 310 g/mol. The number of hydrogen-bond donors (Lipinski definition) is 3. The Kier molecular flexibility index (Phi) is 4.03. The van der Waals surface area contributed by atoms with Crippen LogP contribution in [-0.2, 0) is 22.7 Å². The van der Waals surface area contributed by atoms with Crippen molar-refractivity contribution in [1.82, 2.24) is 15.1 Å². The van der Waals surface area contributed by atoms with E-state index in [1.54, 1.807) is 29.2 Å². The first-order valence-corrected chi connectivity index (χ1v) is 7.44. The van der Waals surface area contributed by atoms with E-state index in [2.05, 4.69) is 20.8 Å². The van der Waals surface area contributed by atoms with Crippen LogP contribution in [0.25, 0.3) is 0 Å². The third-order valence-electron chi connectivity index (χ3n) is 3.80. The number of aromatic nitrogens is 2. The molecule has 0 fully saturated rings. The van der Waals surface area contributed by atoms with E-state index < -0.39 is 0 Å². The van der Waals surface area contributed by atoms with Crippen LogP contribution in [0.1, 0.15) is 35.5 Å². The molecule has 1 aliphatic heterocycles. The average molecular weight is 327 g/mol. The summed E-state index contributed by atoms with van der Waals surface area (Å²) in [6.45, 7) is 3.83. The molecule has 24 heavy (non-hydrogen) atoms. The lowest BCUT2D eigenvalue weighted by molar-refractivity contribution is -0.129. The second-order valence-corrected chi connectivity index (χ2v) is 5.62. The number of carbonyl (C=O) groups excluding carboxylic acids is 3. The maximum Gasteiger partial charge on any atom is 0.256 e. The van der Waals surface area contributed by atoms with E-state index in [9.17, 15) is 14.4 Å². The molecule has 3 N–H and O–H groups in total. The van der Waals surface area contributed by atoms with Gasteiger partial charge in [-0.05, 0) is 24.3 Å². The topological polar surface area (TPSA) is 107 Å². The second-order valence-electron chi connectivity index (χ2n) is 5.62. The Hall–Kier alpha value is -3.16. The fourth-order valence-corrected chi connectivity index (χ4v) is 2.55. The van der Waals surface area contributed by atoms with Gasteiger partial charge in [0.25, 0.3) is 5.91 Å². The average Bonchev–Trinajstić information content (AvgIpc) is 3.09. The van der Waals surface area contributed by atoms with E-state index in [0.29, 0.717) is 30.2 Å². The van der Waals surface area contributed by atoms with E-state index in [-0.39, 0.29) is 17.7 Å². The number of nitrogens with one attached hydrogen (secondary N) is 3. The maximum absolute atomic E-state index is 12.3. The molecule has 0 bridgehead atoms. The summed E-state index contributed by atoms with van der Waals surface area (Å²) in [7, 11) is 0. The molecule has 124 valence electrons. The third-order valence-corrected chi connectivity index (χ3v) is 3.80. The van der Waals surface area contributed by atoms with Gasteiger partial charge in [-0.1, -0.05) is 0 Å². The predicted molar refractivity (Wildman–Crippen MR) is 87.2 cm³/mol. The van der Waals surface area contributed by atoms with E-state index in [0.717, 1.165) is 11.3 Å². The lowest BCUT2D eigenvalue weighted by atomic mass is 10.2. The minimum absolute atomic E-state index is 0.0227. The minimum Gasteiger partial charge on any atom is -0.333 e. The zero-order chi connectivity index (χ0) is 17.3. The number of carbonyl (C=O) groups is 3. The molecule has 2 heterocycles. The molecule has 0 aliphatic carbocycles. The zero-order valence-corrected chi connectivity index (χ0v) is 13.3. The first-order chi connectivity index (χ1) is 11.4. The highest BCUT2D eigenvalue weighted by Gasteiger charge is 2.27. The molecule has 0 atom stereocenters. The van der Waals surface area contributed by atoms with Crippen molar-refractivity contribution >= 4 is 29.2 Å². The fraction of sp³-hybridized carbons (Fsp3) is 0.250. The molecule has 3 amide bonds. The maximum atomic E-state index is 12.3. The van der Waals surface area contributed by atoms with E-state index in [4.69, 9.17) is 0 Å². The van der Waals surface area contributed by atoms with Crippen LogP contribution in [-0.4, -0.2) is 32.8 Å². The first-order valence-electron chi connectivity index (χ1n) is 7.44. The van der Waals surface area contributed by atoms with E-state index in [1.165, 1.54) is 13.8 Å². The zero-order valence-electron chi connectivity index (χ0n) is 13.3.